The maximum Gasteiger partial charge on any atom is 0.511 e. The fourth-order valence-electron chi connectivity index (χ4n) is 2.83. The van der Waals surface area contributed by atoms with Gasteiger partial charge in [0.2, 0.25) is 0 Å². The Bertz CT molecular complexity index is 842. The molecule has 3 heterocycles. The molecule has 0 fully saturated rings. The van der Waals surface area contributed by atoms with Crippen molar-refractivity contribution in [3.8, 4) is 0 Å². The van der Waals surface area contributed by atoms with Crippen LogP contribution in [0.4, 0.5) is 13.2 Å². The van der Waals surface area contributed by atoms with Gasteiger partial charge >= 0.3 is 15.5 Å². The van der Waals surface area contributed by atoms with Gasteiger partial charge in [0.25, 0.3) is 0 Å². The van der Waals surface area contributed by atoms with Crippen molar-refractivity contribution >= 4 is 40.5 Å². The number of halogens is 5. The summed E-state index contributed by atoms with van der Waals surface area (Å²) in [5.41, 5.74) is -2.16. The van der Waals surface area contributed by atoms with E-state index in [0.717, 1.165) is 23.6 Å². The lowest BCUT2D eigenvalue weighted by Gasteiger charge is -2.27. The van der Waals surface area contributed by atoms with E-state index in [1.165, 1.54) is 0 Å². The average molecular weight is 435 g/mol. The Labute approximate surface area is 161 Å². The van der Waals surface area contributed by atoms with Crippen LogP contribution in [-0.4, -0.2) is 41.3 Å². The van der Waals surface area contributed by atoms with Gasteiger partial charge in [-0.25, -0.2) is 18.1 Å². The first kappa shape index (κ1) is 23.0. The van der Waals surface area contributed by atoms with E-state index in [1.54, 1.807) is 4.72 Å². The van der Waals surface area contributed by atoms with Crippen LogP contribution in [0.25, 0.3) is 5.65 Å². The molecule has 3 rings (SSSR count). The van der Waals surface area contributed by atoms with Crippen molar-refractivity contribution in [2.45, 2.75) is 31.4 Å². The fourth-order valence-corrected chi connectivity index (χ4v) is 3.40. The van der Waals surface area contributed by atoms with Gasteiger partial charge in [0.05, 0.1) is 11.9 Å². The van der Waals surface area contributed by atoms with Crippen LogP contribution in [0, 0.1) is 0 Å². The predicted molar refractivity (Wildman–Crippen MR) is 96.0 cm³/mol. The normalized spacial score (nSPS) is 14.7. The number of aromatic nitrogens is 2. The molecule has 0 spiro atoms. The number of hydrogen-bond acceptors (Lipinski definition) is 4. The van der Waals surface area contributed by atoms with Crippen LogP contribution in [0.2, 0.25) is 0 Å². The maximum absolute atomic E-state index is 12.2. The Hall–Kier alpha value is -1.07. The Morgan fingerprint density at radius 1 is 1.12 bits per heavy atom. The van der Waals surface area contributed by atoms with E-state index in [1.807, 2.05) is 24.4 Å². The van der Waals surface area contributed by atoms with Gasteiger partial charge in [-0.3, -0.25) is 9.30 Å². The molecule has 0 amide bonds. The van der Waals surface area contributed by atoms with Crippen molar-refractivity contribution in [2.75, 3.05) is 13.1 Å². The van der Waals surface area contributed by atoms with Gasteiger partial charge < -0.3 is 0 Å². The molecule has 12 heteroatoms. The van der Waals surface area contributed by atoms with E-state index in [4.69, 9.17) is 0 Å². The summed E-state index contributed by atoms with van der Waals surface area (Å²) in [5.74, 6) is 0. The maximum atomic E-state index is 12.2. The lowest BCUT2D eigenvalue weighted by atomic mass is 10.2. The molecule has 0 saturated heterocycles. The number of pyridine rings is 1. The van der Waals surface area contributed by atoms with Crippen molar-refractivity contribution in [1.82, 2.24) is 19.0 Å². The van der Waals surface area contributed by atoms with E-state index in [-0.39, 0.29) is 31.4 Å². The lowest BCUT2D eigenvalue weighted by molar-refractivity contribution is -0.0447. The van der Waals surface area contributed by atoms with E-state index in [2.05, 4.69) is 14.3 Å². The van der Waals surface area contributed by atoms with Gasteiger partial charge in [0.1, 0.15) is 5.65 Å². The molecular weight excluding hydrogens is 416 g/mol. The largest absolute Gasteiger partial charge is 0.511 e. The van der Waals surface area contributed by atoms with E-state index in [0.29, 0.717) is 25.9 Å². The summed E-state index contributed by atoms with van der Waals surface area (Å²) in [4.78, 5) is 6.51. The molecule has 2 aromatic rings. The monoisotopic (exact) mass is 434 g/mol. The zero-order valence-electron chi connectivity index (χ0n) is 13.6. The molecule has 26 heavy (non-hydrogen) atoms. The first-order valence-electron chi connectivity index (χ1n) is 7.50. The third-order valence-corrected chi connectivity index (χ3v) is 5.15. The molecule has 1 N–H and O–H groups in total. The third-order valence-electron chi connectivity index (χ3n) is 3.95. The van der Waals surface area contributed by atoms with Gasteiger partial charge in [-0.2, -0.15) is 13.2 Å². The second kappa shape index (κ2) is 8.75. The minimum atomic E-state index is -5.25. The Morgan fingerprint density at radius 3 is 2.50 bits per heavy atom. The molecule has 0 radical (unpaired) electrons. The number of nitrogens with zero attached hydrogens (tertiary/aromatic N) is 3. The van der Waals surface area contributed by atoms with Crippen LogP contribution in [0.15, 0.2) is 24.4 Å². The molecule has 0 bridgehead atoms. The average Bonchev–Trinajstić information content (AvgIpc) is 2.91. The van der Waals surface area contributed by atoms with Gasteiger partial charge in [-0.05, 0) is 31.5 Å². The molecule has 2 aromatic heterocycles. The number of unbranched alkanes of at least 4 members (excludes halogenated alkanes) is 1. The molecule has 0 aromatic carbocycles. The van der Waals surface area contributed by atoms with Crippen LogP contribution in [-0.2, 0) is 23.1 Å². The Kier molecular flexibility index (Phi) is 7.73. The highest BCUT2D eigenvalue weighted by atomic mass is 35.5. The quantitative estimate of drug-likeness (QED) is 0.709. The Balaban J connectivity index is 0.00000169. The fraction of sp³-hybridized carbons (Fsp3) is 0.500. The van der Waals surface area contributed by atoms with Crippen LogP contribution < -0.4 is 4.72 Å². The summed E-state index contributed by atoms with van der Waals surface area (Å²) in [6, 6.07) is 5.90. The molecule has 0 saturated carbocycles. The molecule has 1 aliphatic heterocycles. The first-order valence-corrected chi connectivity index (χ1v) is 8.99. The van der Waals surface area contributed by atoms with E-state index < -0.39 is 15.5 Å². The van der Waals surface area contributed by atoms with Gasteiger partial charge in [-0.1, -0.05) is 6.07 Å². The highest BCUT2D eigenvalue weighted by molar-refractivity contribution is 7.90. The summed E-state index contributed by atoms with van der Waals surface area (Å²) in [6.07, 6.45) is 2.77. The second-order valence-corrected chi connectivity index (χ2v) is 7.48. The first-order chi connectivity index (χ1) is 11.3. The highest BCUT2D eigenvalue weighted by Crippen LogP contribution is 2.22. The minimum absolute atomic E-state index is 0. The minimum Gasteiger partial charge on any atom is -0.298 e. The standard InChI is InChI=1S/C14H17F3N4O2S.2ClH/c15-14(16,17)24(22,23)19-6-1-2-7-20-9-11-4-3-5-13-18-8-12(10-20)21(11)13;;/h3-5,8,19H,1-2,6-7,9-10H2;2*1H. The van der Waals surface area contributed by atoms with Crippen molar-refractivity contribution in [3.05, 3.63) is 35.8 Å². The van der Waals surface area contributed by atoms with Crippen molar-refractivity contribution in [2.24, 2.45) is 0 Å². The molecule has 0 unspecified atom stereocenters. The van der Waals surface area contributed by atoms with Gasteiger partial charge in [0, 0.05) is 25.3 Å². The van der Waals surface area contributed by atoms with Crippen LogP contribution >= 0.6 is 24.8 Å². The summed E-state index contributed by atoms with van der Waals surface area (Å²) in [7, 11) is -5.24. The van der Waals surface area contributed by atoms with Gasteiger partial charge in [0.15, 0.2) is 0 Å². The number of alkyl halides is 3. The van der Waals surface area contributed by atoms with Gasteiger partial charge in [-0.15, -0.1) is 24.8 Å². The van der Waals surface area contributed by atoms with Crippen molar-refractivity contribution in [1.29, 1.82) is 0 Å². The molecule has 0 aliphatic carbocycles. The number of rotatable bonds is 6. The van der Waals surface area contributed by atoms with E-state index >= 15 is 0 Å². The summed E-state index contributed by atoms with van der Waals surface area (Å²) >= 11 is 0. The smallest absolute Gasteiger partial charge is 0.298 e. The zero-order valence-corrected chi connectivity index (χ0v) is 16.0. The van der Waals surface area contributed by atoms with Crippen LogP contribution in [0.1, 0.15) is 24.2 Å². The third kappa shape index (κ3) is 4.80. The number of imidazole rings is 1. The number of hydrogen-bond donors (Lipinski definition) is 1. The predicted octanol–water partition coefficient (Wildman–Crippen LogP) is 2.71. The number of nitrogens with one attached hydrogen (secondary N) is 1. The lowest BCUT2D eigenvalue weighted by Crippen LogP contribution is -2.37. The second-order valence-electron chi connectivity index (χ2n) is 5.72. The molecular formula is C14H19Cl2F3N4O2S. The van der Waals surface area contributed by atoms with Crippen LogP contribution in [0.3, 0.4) is 0 Å². The topological polar surface area (TPSA) is 66.7 Å². The highest BCUT2D eigenvalue weighted by Gasteiger charge is 2.45. The molecule has 6 nitrogen and oxygen atoms in total. The molecule has 1 aliphatic rings. The zero-order chi connectivity index (χ0) is 17.4. The SMILES string of the molecule is Cl.Cl.O=S(=O)(NCCCCN1Cc2cccc3ncc(n23)C1)C(F)(F)F. The summed E-state index contributed by atoms with van der Waals surface area (Å²) < 4.78 is 62.0. The molecule has 0 atom stereocenters. The Morgan fingerprint density at radius 2 is 1.81 bits per heavy atom. The van der Waals surface area contributed by atoms with Crippen molar-refractivity contribution in [3.63, 3.8) is 0 Å². The molecule has 148 valence electrons. The van der Waals surface area contributed by atoms with E-state index in [9.17, 15) is 21.6 Å². The van der Waals surface area contributed by atoms with Crippen molar-refractivity contribution < 1.29 is 21.6 Å². The summed E-state index contributed by atoms with van der Waals surface area (Å²) in [6.45, 7) is 1.90. The van der Waals surface area contributed by atoms with Crippen LogP contribution in [0.5, 0.6) is 0 Å². The number of sulfonamides is 1. The summed E-state index contributed by atoms with van der Waals surface area (Å²) in [5, 5.41) is 0.